The SMILES string of the molecule is CCOCC1(CNC(=O)c2cnc(-c3cccnc3)nc2C)CCC1. The molecule has 1 saturated carbocycles. The number of nitrogens with one attached hydrogen (secondary N) is 1. The van der Waals surface area contributed by atoms with Crippen molar-refractivity contribution in [3.05, 3.63) is 42.0 Å². The van der Waals surface area contributed by atoms with E-state index in [1.165, 1.54) is 6.42 Å². The van der Waals surface area contributed by atoms with Gasteiger partial charge in [-0.2, -0.15) is 0 Å². The van der Waals surface area contributed by atoms with E-state index in [0.29, 0.717) is 36.8 Å². The van der Waals surface area contributed by atoms with Crippen molar-refractivity contribution in [2.24, 2.45) is 5.41 Å². The van der Waals surface area contributed by atoms with Gasteiger partial charge in [-0.1, -0.05) is 6.42 Å². The van der Waals surface area contributed by atoms with Crippen molar-refractivity contribution in [2.75, 3.05) is 19.8 Å². The molecule has 3 rings (SSSR count). The van der Waals surface area contributed by atoms with Crippen molar-refractivity contribution in [1.82, 2.24) is 20.3 Å². The van der Waals surface area contributed by atoms with E-state index >= 15 is 0 Å². The Bertz CT molecular complexity index is 729. The Morgan fingerprint density at radius 3 is 2.80 bits per heavy atom. The third-order valence-corrected chi connectivity index (χ3v) is 4.79. The minimum absolute atomic E-state index is 0.0933. The summed E-state index contributed by atoms with van der Waals surface area (Å²) in [7, 11) is 0. The molecule has 0 spiro atoms. The lowest BCUT2D eigenvalue weighted by atomic mass is 9.69. The van der Waals surface area contributed by atoms with Gasteiger partial charge in [-0.05, 0) is 38.8 Å². The van der Waals surface area contributed by atoms with Crippen LogP contribution in [0.25, 0.3) is 11.4 Å². The molecule has 1 aliphatic carbocycles. The predicted molar refractivity (Wildman–Crippen MR) is 95.1 cm³/mol. The van der Waals surface area contributed by atoms with Crippen LogP contribution in [-0.2, 0) is 4.74 Å². The molecule has 6 heteroatoms. The highest BCUT2D eigenvalue weighted by Crippen LogP contribution is 2.40. The lowest BCUT2D eigenvalue weighted by Crippen LogP contribution is -2.45. The molecule has 25 heavy (non-hydrogen) atoms. The summed E-state index contributed by atoms with van der Waals surface area (Å²) in [4.78, 5) is 25.4. The molecular formula is C19H24N4O2. The molecular weight excluding hydrogens is 316 g/mol. The Labute approximate surface area is 148 Å². The first-order chi connectivity index (χ1) is 12.1. The molecule has 1 N–H and O–H groups in total. The van der Waals surface area contributed by atoms with Crippen LogP contribution in [0.15, 0.2) is 30.7 Å². The van der Waals surface area contributed by atoms with E-state index in [4.69, 9.17) is 4.74 Å². The van der Waals surface area contributed by atoms with Gasteiger partial charge in [0.1, 0.15) is 0 Å². The summed E-state index contributed by atoms with van der Waals surface area (Å²) in [5, 5.41) is 3.04. The van der Waals surface area contributed by atoms with E-state index in [-0.39, 0.29) is 11.3 Å². The number of rotatable bonds is 7. The summed E-state index contributed by atoms with van der Waals surface area (Å²) in [5.41, 5.74) is 2.11. The number of nitrogens with zero attached hydrogens (tertiary/aromatic N) is 3. The Kier molecular flexibility index (Phi) is 5.38. The van der Waals surface area contributed by atoms with Crippen LogP contribution in [-0.4, -0.2) is 40.6 Å². The zero-order valence-electron chi connectivity index (χ0n) is 14.8. The first-order valence-corrected chi connectivity index (χ1v) is 8.73. The molecule has 1 fully saturated rings. The summed E-state index contributed by atoms with van der Waals surface area (Å²) in [6.07, 6.45) is 8.41. The second-order valence-electron chi connectivity index (χ2n) is 6.61. The number of amides is 1. The standard InChI is InChI=1S/C19H24N4O2/c1-3-25-13-19(7-5-8-19)12-22-18(24)16-11-21-17(23-14(16)2)15-6-4-9-20-10-15/h4,6,9-11H,3,5,7-8,12-13H2,1-2H3,(H,22,24). The van der Waals surface area contributed by atoms with Gasteiger partial charge >= 0.3 is 0 Å². The number of hydrogen-bond donors (Lipinski definition) is 1. The monoisotopic (exact) mass is 340 g/mol. The first-order valence-electron chi connectivity index (χ1n) is 8.73. The fraction of sp³-hybridized carbons (Fsp3) is 0.474. The fourth-order valence-corrected chi connectivity index (χ4v) is 3.05. The maximum Gasteiger partial charge on any atom is 0.254 e. The molecule has 2 heterocycles. The molecule has 132 valence electrons. The van der Waals surface area contributed by atoms with Gasteiger partial charge in [-0.3, -0.25) is 9.78 Å². The smallest absolute Gasteiger partial charge is 0.254 e. The van der Waals surface area contributed by atoms with Crippen molar-refractivity contribution < 1.29 is 9.53 Å². The van der Waals surface area contributed by atoms with E-state index in [9.17, 15) is 4.79 Å². The second-order valence-corrected chi connectivity index (χ2v) is 6.61. The molecule has 0 unspecified atom stereocenters. The van der Waals surface area contributed by atoms with Crippen LogP contribution >= 0.6 is 0 Å². The molecule has 1 aliphatic rings. The van der Waals surface area contributed by atoms with Crippen LogP contribution in [0.3, 0.4) is 0 Å². The number of carbonyl (C=O) groups excluding carboxylic acids is 1. The van der Waals surface area contributed by atoms with E-state index in [1.54, 1.807) is 18.6 Å². The summed E-state index contributed by atoms with van der Waals surface area (Å²) in [6.45, 7) is 5.87. The Hall–Kier alpha value is -2.34. The van der Waals surface area contributed by atoms with Gasteiger partial charge in [0.15, 0.2) is 5.82 Å². The summed E-state index contributed by atoms with van der Waals surface area (Å²) < 4.78 is 5.59. The lowest BCUT2D eigenvalue weighted by Gasteiger charge is -2.41. The minimum atomic E-state index is -0.127. The van der Waals surface area contributed by atoms with E-state index < -0.39 is 0 Å². The highest BCUT2D eigenvalue weighted by molar-refractivity contribution is 5.95. The lowest BCUT2D eigenvalue weighted by molar-refractivity contribution is -0.000191. The van der Waals surface area contributed by atoms with Gasteiger partial charge in [0.2, 0.25) is 0 Å². The van der Waals surface area contributed by atoms with Crippen LogP contribution in [0.4, 0.5) is 0 Å². The van der Waals surface area contributed by atoms with Crippen molar-refractivity contribution in [3.8, 4) is 11.4 Å². The van der Waals surface area contributed by atoms with Gasteiger partial charge in [-0.15, -0.1) is 0 Å². The topological polar surface area (TPSA) is 77.0 Å². The normalized spacial score (nSPS) is 15.4. The number of pyridine rings is 1. The zero-order chi connectivity index (χ0) is 17.7. The summed E-state index contributed by atoms with van der Waals surface area (Å²) >= 11 is 0. The van der Waals surface area contributed by atoms with E-state index in [1.807, 2.05) is 26.0 Å². The molecule has 0 aromatic carbocycles. The minimum Gasteiger partial charge on any atom is -0.381 e. The van der Waals surface area contributed by atoms with Gasteiger partial charge in [0.25, 0.3) is 5.91 Å². The van der Waals surface area contributed by atoms with Gasteiger partial charge < -0.3 is 10.1 Å². The highest BCUT2D eigenvalue weighted by Gasteiger charge is 2.37. The van der Waals surface area contributed by atoms with Crippen molar-refractivity contribution >= 4 is 5.91 Å². The molecule has 2 aromatic heterocycles. The molecule has 0 bridgehead atoms. The molecule has 0 aliphatic heterocycles. The second kappa shape index (κ2) is 7.70. The molecule has 2 aromatic rings. The highest BCUT2D eigenvalue weighted by atomic mass is 16.5. The quantitative estimate of drug-likeness (QED) is 0.838. The average molecular weight is 340 g/mol. The summed E-state index contributed by atoms with van der Waals surface area (Å²) in [5.74, 6) is 0.451. The largest absolute Gasteiger partial charge is 0.381 e. The molecule has 0 atom stereocenters. The van der Waals surface area contributed by atoms with Crippen LogP contribution < -0.4 is 5.32 Å². The third kappa shape index (κ3) is 4.02. The fourth-order valence-electron chi connectivity index (χ4n) is 3.05. The third-order valence-electron chi connectivity index (χ3n) is 4.79. The number of hydrogen-bond acceptors (Lipinski definition) is 5. The summed E-state index contributed by atoms with van der Waals surface area (Å²) in [6, 6.07) is 3.74. The van der Waals surface area contributed by atoms with Crippen molar-refractivity contribution in [3.63, 3.8) is 0 Å². The van der Waals surface area contributed by atoms with Crippen LogP contribution in [0.2, 0.25) is 0 Å². The number of aryl methyl sites for hydroxylation is 1. The Balaban J connectivity index is 1.66. The van der Waals surface area contributed by atoms with Crippen LogP contribution in [0.1, 0.15) is 42.2 Å². The maximum atomic E-state index is 12.5. The Morgan fingerprint density at radius 2 is 2.20 bits per heavy atom. The van der Waals surface area contributed by atoms with Gasteiger partial charge in [0.05, 0.1) is 17.9 Å². The molecule has 6 nitrogen and oxygen atoms in total. The van der Waals surface area contributed by atoms with Crippen LogP contribution in [0, 0.1) is 12.3 Å². The van der Waals surface area contributed by atoms with Crippen LogP contribution in [0.5, 0.6) is 0 Å². The molecule has 0 radical (unpaired) electrons. The molecule has 0 saturated heterocycles. The van der Waals surface area contributed by atoms with E-state index in [0.717, 1.165) is 18.4 Å². The molecule has 1 amide bonds. The zero-order valence-corrected chi connectivity index (χ0v) is 14.8. The Morgan fingerprint density at radius 1 is 1.36 bits per heavy atom. The van der Waals surface area contributed by atoms with E-state index in [2.05, 4.69) is 20.3 Å². The van der Waals surface area contributed by atoms with Gasteiger partial charge in [0, 0.05) is 42.7 Å². The average Bonchev–Trinajstić information content (AvgIpc) is 2.61. The predicted octanol–water partition coefficient (Wildman–Crippen LogP) is 2.78. The maximum absolute atomic E-state index is 12.5. The van der Waals surface area contributed by atoms with Gasteiger partial charge in [-0.25, -0.2) is 9.97 Å². The van der Waals surface area contributed by atoms with Crippen molar-refractivity contribution in [2.45, 2.75) is 33.1 Å². The number of ether oxygens (including phenoxy) is 1. The number of aromatic nitrogens is 3. The van der Waals surface area contributed by atoms with Crippen molar-refractivity contribution in [1.29, 1.82) is 0 Å². The first kappa shape index (κ1) is 17.5. The number of carbonyl (C=O) groups is 1.